The summed E-state index contributed by atoms with van der Waals surface area (Å²) >= 11 is -2.32. The van der Waals surface area contributed by atoms with Crippen LogP contribution in [0.15, 0.2) is 96.1 Å². The predicted octanol–water partition coefficient (Wildman–Crippen LogP) is 5.90. The van der Waals surface area contributed by atoms with Gasteiger partial charge in [-0.25, -0.2) is 0 Å². The Bertz CT molecular complexity index is 1580. The second-order valence-electron chi connectivity index (χ2n) is 13.5. The molecule has 2 aliphatic carbocycles. The van der Waals surface area contributed by atoms with Crippen molar-refractivity contribution < 1.29 is 41.4 Å². The molecule has 1 aliphatic heterocycles. The van der Waals surface area contributed by atoms with Gasteiger partial charge in [0.15, 0.2) is 0 Å². The van der Waals surface area contributed by atoms with Crippen LogP contribution >= 0.6 is 0 Å². The molecule has 0 spiro atoms. The first-order valence-electron chi connectivity index (χ1n) is 15.6. The number of fused-ring (bicyclic) bond motifs is 2. The number of allylic oxidation sites excluding steroid dienone is 2. The number of benzene rings is 4. The second-order valence-corrected chi connectivity index (χ2v) is 20.8. The summed E-state index contributed by atoms with van der Waals surface area (Å²) < 4.78 is 4.28. The molecule has 7 rings (SSSR count). The molecule has 4 aromatic rings. The van der Waals surface area contributed by atoms with Gasteiger partial charge < -0.3 is 24.8 Å². The Kier molecular flexibility index (Phi) is 9.11. The van der Waals surface area contributed by atoms with Crippen molar-refractivity contribution in [2.75, 3.05) is 0 Å². The first-order valence-corrected chi connectivity index (χ1v) is 19.6. The minimum absolute atomic E-state index is 0. The van der Waals surface area contributed by atoms with Crippen LogP contribution in [0.5, 0.6) is 0 Å². The van der Waals surface area contributed by atoms with Gasteiger partial charge in [-0.3, -0.25) is 0 Å². The summed E-state index contributed by atoms with van der Waals surface area (Å²) in [6.45, 7) is 14.0. The molecule has 1 saturated heterocycles. The molecular weight excluding hydrogens is 599 g/mol. The molecule has 2 atom stereocenters. The van der Waals surface area contributed by atoms with Gasteiger partial charge >= 0.3 is 252 Å². The summed E-state index contributed by atoms with van der Waals surface area (Å²) in [5.74, 6) is 1.12. The SMILES string of the molecule is CC1=Cc2c(-c3ccc(C(C)C)cc3)cccc2[CH]1[Ti+2]1([CH]2C(C)=Cc3c(-c4ccc(C(C)C)cc4)cccc32)[CH2][CH2]1.[Cl-].[Cl-]. The first kappa shape index (κ1) is 32.1. The summed E-state index contributed by atoms with van der Waals surface area (Å²) in [5, 5.41) is 0. The summed E-state index contributed by atoms with van der Waals surface area (Å²) in [6.07, 6.45) is 5.11. The molecule has 0 nitrogen and oxygen atoms in total. The predicted molar refractivity (Wildman–Crippen MR) is 174 cm³/mol. The molecule has 4 aromatic carbocycles. The topological polar surface area (TPSA) is 0 Å². The zero-order chi connectivity index (χ0) is 28.5. The summed E-state index contributed by atoms with van der Waals surface area (Å²) in [7, 11) is 0. The average Bonchev–Trinajstić information content (AvgIpc) is 3.55. The summed E-state index contributed by atoms with van der Waals surface area (Å²) in [5.41, 5.74) is 17.8. The van der Waals surface area contributed by atoms with Crippen LogP contribution in [0.25, 0.3) is 34.4 Å². The zero-order valence-electron chi connectivity index (χ0n) is 26.2. The van der Waals surface area contributed by atoms with Gasteiger partial charge in [0.1, 0.15) is 0 Å². The Morgan fingerprint density at radius 2 is 0.907 bits per heavy atom. The van der Waals surface area contributed by atoms with Crippen molar-refractivity contribution in [2.24, 2.45) is 0 Å². The minimum atomic E-state index is -2.32. The van der Waals surface area contributed by atoms with E-state index in [1.54, 1.807) is 22.3 Å². The summed E-state index contributed by atoms with van der Waals surface area (Å²) in [6, 6.07) is 32.9. The average molecular weight is 642 g/mol. The molecular formula is C40H42Cl2Ti. The molecule has 1 heterocycles. The van der Waals surface area contributed by atoms with Crippen molar-refractivity contribution in [3.63, 3.8) is 0 Å². The van der Waals surface area contributed by atoms with Crippen molar-refractivity contribution in [1.29, 1.82) is 0 Å². The Morgan fingerprint density at radius 1 is 0.535 bits per heavy atom. The molecule has 1 fully saturated rings. The van der Waals surface area contributed by atoms with Crippen molar-refractivity contribution in [3.05, 3.63) is 129 Å². The van der Waals surface area contributed by atoms with Gasteiger partial charge in [0.25, 0.3) is 0 Å². The van der Waals surface area contributed by atoms with Crippen molar-refractivity contribution in [2.45, 2.75) is 71.3 Å². The van der Waals surface area contributed by atoms with Gasteiger partial charge in [-0.1, -0.05) is 0 Å². The van der Waals surface area contributed by atoms with Gasteiger partial charge in [0.2, 0.25) is 0 Å². The Hall–Kier alpha value is -2.35. The van der Waals surface area contributed by atoms with E-state index in [1.807, 2.05) is 0 Å². The quantitative estimate of drug-likeness (QED) is 0.231. The second kappa shape index (κ2) is 12.2. The van der Waals surface area contributed by atoms with E-state index in [1.165, 1.54) is 54.0 Å². The van der Waals surface area contributed by atoms with E-state index in [0.29, 0.717) is 20.3 Å². The van der Waals surface area contributed by atoms with E-state index in [-0.39, 0.29) is 24.8 Å². The maximum absolute atomic E-state index is 2.55. The van der Waals surface area contributed by atoms with Crippen LogP contribution in [0, 0.1) is 0 Å². The minimum Gasteiger partial charge on any atom is -1.00 e. The molecule has 2 unspecified atom stereocenters. The van der Waals surface area contributed by atoms with E-state index < -0.39 is 16.6 Å². The molecule has 0 bridgehead atoms. The Balaban J connectivity index is 0.00000184. The monoisotopic (exact) mass is 640 g/mol. The van der Waals surface area contributed by atoms with Gasteiger partial charge in [-0.2, -0.15) is 0 Å². The third kappa shape index (κ3) is 5.34. The normalized spacial score (nSPS) is 18.5. The van der Waals surface area contributed by atoms with Gasteiger partial charge in [-0.05, 0) is 0 Å². The molecule has 220 valence electrons. The third-order valence-corrected chi connectivity index (χ3v) is 18.9. The van der Waals surface area contributed by atoms with Crippen LogP contribution in [-0.4, -0.2) is 0 Å². The van der Waals surface area contributed by atoms with Gasteiger partial charge in [0.05, 0.1) is 0 Å². The van der Waals surface area contributed by atoms with E-state index in [9.17, 15) is 0 Å². The van der Waals surface area contributed by atoms with Crippen molar-refractivity contribution in [3.8, 4) is 22.3 Å². The molecule has 0 radical (unpaired) electrons. The molecule has 0 N–H and O–H groups in total. The van der Waals surface area contributed by atoms with Crippen LogP contribution in [0.1, 0.15) is 95.2 Å². The largest absolute Gasteiger partial charge is 1.00 e. The summed E-state index contributed by atoms with van der Waals surface area (Å²) in [4.78, 5) is 0. The number of hydrogen-bond donors (Lipinski definition) is 0. The molecule has 0 saturated carbocycles. The number of rotatable bonds is 6. The molecule has 43 heavy (non-hydrogen) atoms. The molecule has 3 aliphatic rings. The van der Waals surface area contributed by atoms with Crippen molar-refractivity contribution in [1.82, 2.24) is 0 Å². The van der Waals surface area contributed by atoms with Gasteiger partial charge in [-0.15, -0.1) is 0 Å². The fourth-order valence-corrected chi connectivity index (χ4v) is 18.6. The molecule has 0 amide bonds. The number of halogens is 2. The van der Waals surface area contributed by atoms with E-state index >= 15 is 0 Å². The fourth-order valence-electron chi connectivity index (χ4n) is 8.12. The van der Waals surface area contributed by atoms with Gasteiger partial charge in [0, 0.05) is 0 Å². The molecule has 3 heteroatoms. The third-order valence-electron chi connectivity index (χ3n) is 10.3. The number of hydrogen-bond acceptors (Lipinski definition) is 0. The van der Waals surface area contributed by atoms with E-state index in [2.05, 4.69) is 139 Å². The maximum Gasteiger partial charge on any atom is -1.00 e. The molecule has 0 aromatic heterocycles. The standard InChI is InChI=1S/2C19H19.C2H4.2ClH.Ti/c2*1-13(2)15-7-9-16(10-8-15)18-6-4-5-17-11-14(3)12-19(17)18;1-2;;;/h2*4-13H,1-3H3;1-2H2;2*1H;/q;;;;;+2/p-2. The smallest absolute Gasteiger partial charge is 1.00 e. The van der Waals surface area contributed by atoms with Crippen LogP contribution in [-0.2, 0) is 16.6 Å². The van der Waals surface area contributed by atoms with Crippen LogP contribution < -0.4 is 24.8 Å². The first-order chi connectivity index (χ1) is 19.8. The Morgan fingerprint density at radius 3 is 1.23 bits per heavy atom. The van der Waals surface area contributed by atoms with E-state index in [0.717, 1.165) is 0 Å². The zero-order valence-corrected chi connectivity index (χ0v) is 29.3. The van der Waals surface area contributed by atoms with Crippen molar-refractivity contribution >= 4 is 12.2 Å². The van der Waals surface area contributed by atoms with Crippen LogP contribution in [0.4, 0.5) is 0 Å². The van der Waals surface area contributed by atoms with Crippen LogP contribution in [0.3, 0.4) is 0 Å². The Labute approximate surface area is 274 Å². The van der Waals surface area contributed by atoms with E-state index in [4.69, 9.17) is 0 Å². The fraction of sp³-hybridized carbons (Fsp3) is 0.300. The van der Waals surface area contributed by atoms with Crippen LogP contribution in [0.2, 0.25) is 9.45 Å². The maximum atomic E-state index is 2.55.